The van der Waals surface area contributed by atoms with E-state index in [2.05, 4.69) is 32.5 Å². The highest BCUT2D eigenvalue weighted by Gasteiger charge is 2.27. The van der Waals surface area contributed by atoms with E-state index >= 15 is 0 Å². The predicted molar refractivity (Wildman–Crippen MR) is 115 cm³/mol. The van der Waals surface area contributed by atoms with Crippen LogP contribution in [0.25, 0.3) is 0 Å². The number of nitrogens with zero attached hydrogens (tertiary/aromatic N) is 3. The minimum absolute atomic E-state index is 0.00224. The lowest BCUT2D eigenvalue weighted by Gasteiger charge is -2.34. The smallest absolute Gasteiger partial charge is 0.248 e. The lowest BCUT2D eigenvalue weighted by molar-refractivity contribution is -0.135. The van der Waals surface area contributed by atoms with Crippen molar-refractivity contribution in [2.45, 2.75) is 56.7 Å². The summed E-state index contributed by atoms with van der Waals surface area (Å²) < 4.78 is 0. The minimum atomic E-state index is -0.483. The zero-order valence-corrected chi connectivity index (χ0v) is 17.7. The molecule has 3 unspecified atom stereocenters. The first-order valence-corrected chi connectivity index (χ1v) is 10.7. The molecule has 0 spiro atoms. The quantitative estimate of drug-likeness (QED) is 0.479. The first-order valence-electron chi connectivity index (χ1n) is 10.4. The number of carbonyl (C=O) groups excluding carboxylic acids is 2. The van der Waals surface area contributed by atoms with E-state index in [1.54, 1.807) is 11.1 Å². The van der Waals surface area contributed by atoms with Crippen LogP contribution in [0.3, 0.4) is 0 Å². The third kappa shape index (κ3) is 5.82. The molecule has 1 aromatic rings. The number of carbonyl (C=O) groups is 2. The first kappa shape index (κ1) is 22.3. The van der Waals surface area contributed by atoms with E-state index in [0.29, 0.717) is 29.9 Å². The lowest BCUT2D eigenvalue weighted by atomic mass is 9.90. The zero-order chi connectivity index (χ0) is 21.5. The predicted octanol–water partition coefficient (Wildman–Crippen LogP) is 1.55. The average molecular weight is 437 g/mol. The van der Waals surface area contributed by atoms with E-state index in [1.165, 1.54) is 6.08 Å². The molecule has 1 aliphatic carbocycles. The second-order valence-electron chi connectivity index (χ2n) is 7.73. The van der Waals surface area contributed by atoms with E-state index in [-0.39, 0.29) is 29.9 Å². The van der Waals surface area contributed by atoms with Crippen molar-refractivity contribution in [1.29, 1.82) is 0 Å². The van der Waals surface area contributed by atoms with Crippen molar-refractivity contribution in [3.8, 4) is 0 Å². The number of halogens is 1. The van der Waals surface area contributed by atoms with Crippen LogP contribution in [0.15, 0.2) is 18.9 Å². The first-order chi connectivity index (χ1) is 14.5. The Kier molecular flexibility index (Phi) is 7.87. The maximum absolute atomic E-state index is 11.8. The van der Waals surface area contributed by atoms with Crippen LogP contribution in [0.1, 0.15) is 38.5 Å². The number of aromatic nitrogens is 2. The molecule has 3 atom stereocenters. The van der Waals surface area contributed by atoms with Crippen molar-refractivity contribution < 1.29 is 14.7 Å². The molecule has 1 aromatic heterocycles. The second kappa shape index (κ2) is 10.6. The fourth-order valence-corrected chi connectivity index (χ4v) is 4.18. The molecule has 0 radical (unpaired) electrons. The SMILES string of the molecule is C=CC(=O)NC1CCCCC1Nc1nc(NC2CCCN(C(=O)CO)C2)ncc1Cl. The van der Waals surface area contributed by atoms with Gasteiger partial charge in [-0.05, 0) is 31.8 Å². The topological polar surface area (TPSA) is 119 Å². The van der Waals surface area contributed by atoms with Crippen LogP contribution in [-0.2, 0) is 9.59 Å². The highest BCUT2D eigenvalue weighted by Crippen LogP contribution is 2.26. The van der Waals surface area contributed by atoms with Gasteiger partial charge in [0, 0.05) is 31.2 Å². The van der Waals surface area contributed by atoms with Gasteiger partial charge in [-0.3, -0.25) is 9.59 Å². The van der Waals surface area contributed by atoms with Crippen molar-refractivity contribution in [1.82, 2.24) is 20.2 Å². The van der Waals surface area contributed by atoms with Crippen LogP contribution in [0.2, 0.25) is 5.02 Å². The maximum Gasteiger partial charge on any atom is 0.248 e. The van der Waals surface area contributed by atoms with Gasteiger partial charge in [0.15, 0.2) is 5.82 Å². The molecule has 4 N–H and O–H groups in total. The Balaban J connectivity index is 1.66. The summed E-state index contributed by atoms with van der Waals surface area (Å²) in [5.74, 6) is 0.473. The fraction of sp³-hybridized carbons (Fsp3) is 0.600. The number of aliphatic hydroxyl groups excluding tert-OH is 1. The van der Waals surface area contributed by atoms with Gasteiger partial charge >= 0.3 is 0 Å². The monoisotopic (exact) mass is 436 g/mol. The molecule has 10 heteroatoms. The molecule has 1 aliphatic heterocycles. The molecular weight excluding hydrogens is 408 g/mol. The fourth-order valence-electron chi connectivity index (χ4n) is 4.04. The van der Waals surface area contributed by atoms with Gasteiger partial charge in [-0.15, -0.1) is 0 Å². The molecule has 0 aromatic carbocycles. The van der Waals surface area contributed by atoms with Gasteiger partial charge in [0.05, 0.1) is 6.20 Å². The van der Waals surface area contributed by atoms with Crippen molar-refractivity contribution in [3.63, 3.8) is 0 Å². The Morgan fingerprint density at radius 1 is 1.23 bits per heavy atom. The Bertz CT molecular complexity index is 777. The second-order valence-corrected chi connectivity index (χ2v) is 8.13. The number of nitrogens with one attached hydrogen (secondary N) is 3. The van der Waals surface area contributed by atoms with E-state index in [1.807, 2.05) is 0 Å². The molecular formula is C20H29ClN6O3. The summed E-state index contributed by atoms with van der Waals surface area (Å²) in [6, 6.07) is -0.0177. The third-order valence-corrected chi connectivity index (χ3v) is 5.86. The van der Waals surface area contributed by atoms with Gasteiger partial charge in [-0.1, -0.05) is 31.0 Å². The zero-order valence-electron chi connectivity index (χ0n) is 16.9. The standard InChI is InChI=1S/C20H29ClN6O3/c1-2-17(29)24-15-7-3-4-8-16(15)25-19-14(21)10-22-20(26-19)23-13-6-5-9-27(11-13)18(30)12-28/h2,10,13,15-16,28H,1,3-9,11-12H2,(H,24,29)(H2,22,23,25,26). The van der Waals surface area contributed by atoms with E-state index < -0.39 is 6.61 Å². The summed E-state index contributed by atoms with van der Waals surface area (Å²) in [6.45, 7) is 4.17. The van der Waals surface area contributed by atoms with Gasteiger partial charge in [-0.25, -0.2) is 4.98 Å². The molecule has 3 rings (SSSR count). The summed E-state index contributed by atoms with van der Waals surface area (Å²) in [5, 5.41) is 19.1. The molecule has 164 valence electrons. The van der Waals surface area contributed by atoms with Gasteiger partial charge in [0.25, 0.3) is 0 Å². The van der Waals surface area contributed by atoms with Crippen molar-refractivity contribution >= 4 is 35.2 Å². The number of aliphatic hydroxyl groups is 1. The number of amides is 2. The Morgan fingerprint density at radius 2 is 2.00 bits per heavy atom. The molecule has 1 saturated heterocycles. The van der Waals surface area contributed by atoms with Crippen molar-refractivity contribution in [3.05, 3.63) is 23.9 Å². The molecule has 2 fully saturated rings. The van der Waals surface area contributed by atoms with E-state index in [4.69, 9.17) is 16.7 Å². The summed E-state index contributed by atoms with van der Waals surface area (Å²) in [4.78, 5) is 34.0. The van der Waals surface area contributed by atoms with Gasteiger partial charge in [-0.2, -0.15) is 4.98 Å². The Hall–Kier alpha value is -2.39. The number of hydrogen-bond donors (Lipinski definition) is 4. The average Bonchev–Trinajstić information content (AvgIpc) is 2.76. The van der Waals surface area contributed by atoms with Crippen molar-refractivity contribution in [2.75, 3.05) is 30.3 Å². The van der Waals surface area contributed by atoms with Gasteiger partial charge in [0.2, 0.25) is 17.8 Å². The highest BCUT2D eigenvalue weighted by molar-refractivity contribution is 6.32. The number of hydrogen-bond acceptors (Lipinski definition) is 7. The number of anilines is 2. The maximum atomic E-state index is 11.8. The molecule has 9 nitrogen and oxygen atoms in total. The molecule has 30 heavy (non-hydrogen) atoms. The molecule has 2 aliphatic rings. The number of rotatable bonds is 7. The van der Waals surface area contributed by atoms with Gasteiger partial charge in [0.1, 0.15) is 11.6 Å². The Labute approximate surface area is 181 Å². The van der Waals surface area contributed by atoms with Crippen LogP contribution in [0, 0.1) is 0 Å². The van der Waals surface area contributed by atoms with Crippen LogP contribution < -0.4 is 16.0 Å². The van der Waals surface area contributed by atoms with Crippen LogP contribution in [0.5, 0.6) is 0 Å². The summed E-state index contributed by atoms with van der Waals surface area (Å²) in [5.41, 5.74) is 0. The highest BCUT2D eigenvalue weighted by atomic mass is 35.5. The van der Waals surface area contributed by atoms with Gasteiger partial charge < -0.3 is 26.0 Å². The van der Waals surface area contributed by atoms with Crippen molar-refractivity contribution in [2.24, 2.45) is 0 Å². The molecule has 0 bridgehead atoms. The minimum Gasteiger partial charge on any atom is -0.387 e. The lowest BCUT2D eigenvalue weighted by Crippen LogP contribution is -2.48. The Morgan fingerprint density at radius 3 is 2.73 bits per heavy atom. The van der Waals surface area contributed by atoms with E-state index in [9.17, 15) is 9.59 Å². The largest absolute Gasteiger partial charge is 0.387 e. The van der Waals surface area contributed by atoms with Crippen LogP contribution in [0.4, 0.5) is 11.8 Å². The number of likely N-dealkylation sites (tertiary alicyclic amines) is 1. The molecule has 2 amide bonds. The third-order valence-electron chi connectivity index (χ3n) is 5.59. The summed E-state index contributed by atoms with van der Waals surface area (Å²) in [7, 11) is 0. The molecule has 2 heterocycles. The summed E-state index contributed by atoms with van der Waals surface area (Å²) >= 11 is 6.32. The van der Waals surface area contributed by atoms with Crippen LogP contribution >= 0.6 is 11.6 Å². The van der Waals surface area contributed by atoms with Crippen LogP contribution in [-0.4, -0.2) is 69.6 Å². The van der Waals surface area contributed by atoms with E-state index in [0.717, 1.165) is 38.5 Å². The normalized spacial score (nSPS) is 24.1. The molecule has 1 saturated carbocycles. The summed E-state index contributed by atoms with van der Waals surface area (Å²) in [6.07, 6.45) is 8.42. The number of piperidine rings is 1.